The molecule has 0 bridgehead atoms. The van der Waals surface area contributed by atoms with E-state index >= 15 is 0 Å². The van der Waals surface area contributed by atoms with Gasteiger partial charge in [-0.1, -0.05) is 12.1 Å². The zero-order chi connectivity index (χ0) is 26.2. The van der Waals surface area contributed by atoms with Gasteiger partial charge in [0.05, 0.1) is 20.8 Å². The maximum absolute atomic E-state index is 12.2. The highest BCUT2D eigenvalue weighted by molar-refractivity contribution is 5.91. The zero-order valence-electron chi connectivity index (χ0n) is 19.9. The molecule has 196 valence electrons. The van der Waals surface area contributed by atoms with E-state index in [9.17, 15) is 30.3 Å². The second-order valence-corrected chi connectivity index (χ2v) is 8.11. The minimum absolute atomic E-state index is 0.0493. The number of aliphatic hydroxyl groups excluding tert-OH is 4. The molecule has 1 fully saturated rings. The van der Waals surface area contributed by atoms with Crippen LogP contribution in [0.1, 0.15) is 11.1 Å². The second-order valence-electron chi connectivity index (χ2n) is 8.11. The standard InChI is InChI=1S/C25H31NO10/c1-33-18-11-15(3-6-16(18)28)9-10-26-21(29)8-5-14-4-7-17(19(12-14)34-2)35-25-24(32)23(31)22(30)20(13-27)36-25/h3-8,11-12,20,22-25,27-28,30-32H,9-10,13H2,1-2H3,(H,26,29)/t20-,22-,23+,24-,25-/m1/s1. The molecule has 2 aromatic rings. The molecule has 0 aliphatic carbocycles. The van der Waals surface area contributed by atoms with E-state index in [-0.39, 0.29) is 23.2 Å². The summed E-state index contributed by atoms with van der Waals surface area (Å²) in [7, 11) is 2.88. The van der Waals surface area contributed by atoms with E-state index in [1.807, 2.05) is 0 Å². The minimum Gasteiger partial charge on any atom is -0.504 e. The molecular formula is C25H31NO10. The molecule has 36 heavy (non-hydrogen) atoms. The number of carbonyl (C=O) groups is 1. The van der Waals surface area contributed by atoms with E-state index in [0.29, 0.717) is 24.3 Å². The highest BCUT2D eigenvalue weighted by Gasteiger charge is 2.44. The van der Waals surface area contributed by atoms with Crippen LogP contribution in [0.2, 0.25) is 0 Å². The molecule has 6 N–H and O–H groups in total. The predicted octanol–water partition coefficient (Wildman–Crippen LogP) is -0.0398. The number of rotatable bonds is 10. The number of amides is 1. The number of phenols is 1. The van der Waals surface area contributed by atoms with E-state index in [1.54, 1.807) is 30.3 Å². The van der Waals surface area contributed by atoms with Crippen LogP contribution in [0, 0.1) is 0 Å². The molecule has 1 amide bonds. The van der Waals surface area contributed by atoms with E-state index in [1.165, 1.54) is 32.4 Å². The van der Waals surface area contributed by atoms with Crippen LogP contribution in [-0.2, 0) is 16.0 Å². The lowest BCUT2D eigenvalue weighted by molar-refractivity contribution is -0.277. The lowest BCUT2D eigenvalue weighted by atomic mass is 9.99. The van der Waals surface area contributed by atoms with Crippen LogP contribution in [0.5, 0.6) is 23.0 Å². The Balaban J connectivity index is 1.57. The van der Waals surface area contributed by atoms with Gasteiger partial charge in [-0.25, -0.2) is 0 Å². The molecule has 1 aliphatic rings. The van der Waals surface area contributed by atoms with Gasteiger partial charge in [-0.3, -0.25) is 4.79 Å². The van der Waals surface area contributed by atoms with Crippen LogP contribution in [0.15, 0.2) is 42.5 Å². The van der Waals surface area contributed by atoms with Gasteiger partial charge in [0.15, 0.2) is 23.0 Å². The Hall–Kier alpha value is -3.35. The smallest absolute Gasteiger partial charge is 0.244 e. The fourth-order valence-electron chi connectivity index (χ4n) is 3.61. The predicted molar refractivity (Wildman–Crippen MR) is 128 cm³/mol. The Morgan fingerprint density at radius 1 is 1.00 bits per heavy atom. The van der Waals surface area contributed by atoms with Gasteiger partial charge in [0, 0.05) is 12.6 Å². The van der Waals surface area contributed by atoms with Crippen molar-refractivity contribution in [1.82, 2.24) is 5.32 Å². The van der Waals surface area contributed by atoms with Crippen molar-refractivity contribution in [1.29, 1.82) is 0 Å². The van der Waals surface area contributed by atoms with Crippen molar-refractivity contribution in [2.75, 3.05) is 27.4 Å². The van der Waals surface area contributed by atoms with Gasteiger partial charge in [0.1, 0.15) is 24.4 Å². The van der Waals surface area contributed by atoms with Gasteiger partial charge in [0.2, 0.25) is 12.2 Å². The first kappa shape index (κ1) is 27.2. The van der Waals surface area contributed by atoms with Crippen molar-refractivity contribution in [3.63, 3.8) is 0 Å². The minimum atomic E-state index is -1.57. The van der Waals surface area contributed by atoms with Crippen molar-refractivity contribution in [3.05, 3.63) is 53.6 Å². The van der Waals surface area contributed by atoms with Crippen LogP contribution in [0.25, 0.3) is 6.08 Å². The lowest BCUT2D eigenvalue weighted by Crippen LogP contribution is -2.60. The maximum atomic E-state index is 12.2. The first-order chi connectivity index (χ1) is 17.3. The molecule has 0 aromatic heterocycles. The van der Waals surface area contributed by atoms with Gasteiger partial charge < -0.3 is 49.8 Å². The number of phenolic OH excluding ortho intramolecular Hbond substituents is 1. The molecule has 5 atom stereocenters. The number of benzene rings is 2. The first-order valence-electron chi connectivity index (χ1n) is 11.2. The highest BCUT2D eigenvalue weighted by Crippen LogP contribution is 2.32. The summed E-state index contributed by atoms with van der Waals surface area (Å²) in [6.07, 6.45) is -3.57. The molecule has 11 nitrogen and oxygen atoms in total. The maximum Gasteiger partial charge on any atom is 0.244 e. The Labute approximate surface area is 208 Å². The van der Waals surface area contributed by atoms with Crippen molar-refractivity contribution >= 4 is 12.0 Å². The third-order valence-corrected chi connectivity index (χ3v) is 5.66. The first-order valence-corrected chi connectivity index (χ1v) is 11.2. The van der Waals surface area contributed by atoms with Crippen LogP contribution < -0.4 is 19.5 Å². The topological polar surface area (TPSA) is 167 Å². The quantitative estimate of drug-likeness (QED) is 0.241. The highest BCUT2D eigenvalue weighted by atomic mass is 16.7. The van der Waals surface area contributed by atoms with Crippen LogP contribution in [0.3, 0.4) is 0 Å². The van der Waals surface area contributed by atoms with E-state index in [0.717, 1.165) is 5.56 Å². The molecule has 3 rings (SSSR count). The third kappa shape index (κ3) is 6.65. The summed E-state index contributed by atoms with van der Waals surface area (Å²) < 4.78 is 21.4. The summed E-state index contributed by atoms with van der Waals surface area (Å²) in [5.74, 6) is 0.574. The number of nitrogens with one attached hydrogen (secondary N) is 1. The normalized spacial score (nSPS) is 23.9. The number of ether oxygens (including phenoxy) is 4. The Morgan fingerprint density at radius 3 is 2.44 bits per heavy atom. The molecule has 0 unspecified atom stereocenters. The molecule has 1 aliphatic heterocycles. The average molecular weight is 506 g/mol. The molecular weight excluding hydrogens is 474 g/mol. The molecule has 0 saturated carbocycles. The molecule has 1 saturated heterocycles. The second kappa shape index (κ2) is 12.6. The number of carbonyl (C=O) groups excluding carboxylic acids is 1. The SMILES string of the molecule is COc1cc(CCNC(=O)C=Cc2ccc(O[C@@H]3O[C@H](CO)[C@@H](O)[C@H](O)[C@H]3O)c(OC)c2)ccc1O. The van der Waals surface area contributed by atoms with Crippen molar-refractivity contribution < 1.29 is 49.3 Å². The fourth-order valence-corrected chi connectivity index (χ4v) is 3.61. The summed E-state index contributed by atoms with van der Waals surface area (Å²) in [5, 5.41) is 51.8. The van der Waals surface area contributed by atoms with Crippen molar-refractivity contribution in [2.45, 2.75) is 37.1 Å². The number of methoxy groups -OCH3 is 2. The number of hydrogen-bond acceptors (Lipinski definition) is 10. The lowest BCUT2D eigenvalue weighted by Gasteiger charge is -2.39. The van der Waals surface area contributed by atoms with Gasteiger partial charge >= 0.3 is 0 Å². The summed E-state index contributed by atoms with van der Waals surface area (Å²) in [6.45, 7) is -0.191. The molecule has 0 radical (unpaired) electrons. The van der Waals surface area contributed by atoms with Gasteiger partial charge in [0.25, 0.3) is 0 Å². The number of aliphatic hydroxyl groups is 4. The van der Waals surface area contributed by atoms with E-state index in [2.05, 4.69) is 5.32 Å². The largest absolute Gasteiger partial charge is 0.504 e. The Bertz CT molecular complexity index is 1060. The van der Waals surface area contributed by atoms with Gasteiger partial charge in [-0.15, -0.1) is 0 Å². The number of hydrogen-bond donors (Lipinski definition) is 6. The summed E-state index contributed by atoms with van der Waals surface area (Å²) >= 11 is 0. The van der Waals surface area contributed by atoms with Crippen LogP contribution in [0.4, 0.5) is 0 Å². The van der Waals surface area contributed by atoms with Crippen LogP contribution in [-0.4, -0.2) is 89.5 Å². The molecule has 0 spiro atoms. The third-order valence-electron chi connectivity index (χ3n) is 5.66. The summed E-state index contributed by atoms with van der Waals surface area (Å²) in [5.41, 5.74) is 1.53. The van der Waals surface area contributed by atoms with Crippen molar-refractivity contribution in [2.24, 2.45) is 0 Å². The molecule has 2 aromatic carbocycles. The zero-order valence-corrected chi connectivity index (χ0v) is 19.9. The van der Waals surface area contributed by atoms with Gasteiger partial charge in [-0.2, -0.15) is 0 Å². The molecule has 1 heterocycles. The number of aromatic hydroxyl groups is 1. The fraction of sp³-hybridized carbons (Fsp3) is 0.400. The van der Waals surface area contributed by atoms with E-state index < -0.39 is 37.3 Å². The van der Waals surface area contributed by atoms with Crippen molar-refractivity contribution in [3.8, 4) is 23.0 Å². The Morgan fingerprint density at radius 2 is 1.75 bits per heavy atom. The van der Waals surface area contributed by atoms with E-state index in [4.69, 9.17) is 18.9 Å². The van der Waals surface area contributed by atoms with Gasteiger partial charge in [-0.05, 0) is 47.9 Å². The van der Waals surface area contributed by atoms with Crippen LogP contribution >= 0.6 is 0 Å². The monoisotopic (exact) mass is 505 g/mol. The Kier molecular flexibility index (Phi) is 9.51. The summed E-state index contributed by atoms with van der Waals surface area (Å²) in [6, 6.07) is 9.78. The summed E-state index contributed by atoms with van der Waals surface area (Å²) in [4.78, 5) is 12.2. The molecule has 11 heteroatoms. The average Bonchev–Trinajstić information content (AvgIpc) is 2.89.